The van der Waals surface area contributed by atoms with Crippen LogP contribution in [0, 0.1) is 6.92 Å². The smallest absolute Gasteiger partial charge is 0.251 e. The number of hydrogen-bond acceptors (Lipinski definition) is 3. The van der Waals surface area contributed by atoms with Gasteiger partial charge in [-0.3, -0.25) is 9.48 Å². The summed E-state index contributed by atoms with van der Waals surface area (Å²) in [5.74, 6) is -0.0407. The van der Waals surface area contributed by atoms with E-state index in [0.29, 0.717) is 12.1 Å². The van der Waals surface area contributed by atoms with E-state index in [4.69, 9.17) is 0 Å². The summed E-state index contributed by atoms with van der Waals surface area (Å²) in [5.41, 5.74) is 3.67. The SMILES string of the molecule is CNc1ccc(C(=O)NCCc2ccn(C)n2)c(C)c1. The van der Waals surface area contributed by atoms with Gasteiger partial charge in [0.1, 0.15) is 0 Å². The molecule has 0 bridgehead atoms. The second-order valence-electron chi connectivity index (χ2n) is 4.77. The molecule has 106 valence electrons. The summed E-state index contributed by atoms with van der Waals surface area (Å²) >= 11 is 0. The largest absolute Gasteiger partial charge is 0.388 e. The molecule has 0 spiro atoms. The number of benzene rings is 1. The van der Waals surface area contributed by atoms with Gasteiger partial charge in [-0.1, -0.05) is 0 Å². The fourth-order valence-corrected chi connectivity index (χ4v) is 2.07. The Labute approximate surface area is 119 Å². The van der Waals surface area contributed by atoms with Gasteiger partial charge in [0.15, 0.2) is 0 Å². The number of aromatic nitrogens is 2. The van der Waals surface area contributed by atoms with E-state index in [1.807, 2.05) is 51.5 Å². The highest BCUT2D eigenvalue weighted by Gasteiger charge is 2.09. The minimum Gasteiger partial charge on any atom is -0.388 e. The fourth-order valence-electron chi connectivity index (χ4n) is 2.07. The lowest BCUT2D eigenvalue weighted by atomic mass is 10.1. The molecule has 20 heavy (non-hydrogen) atoms. The zero-order valence-electron chi connectivity index (χ0n) is 12.1. The van der Waals surface area contributed by atoms with Crippen LogP contribution in [0.4, 0.5) is 5.69 Å². The van der Waals surface area contributed by atoms with Crippen molar-refractivity contribution < 1.29 is 4.79 Å². The number of hydrogen-bond donors (Lipinski definition) is 2. The number of aryl methyl sites for hydroxylation is 2. The average molecular weight is 272 g/mol. The number of carbonyl (C=O) groups excluding carboxylic acids is 1. The molecule has 1 heterocycles. The molecule has 0 unspecified atom stereocenters. The minimum atomic E-state index is -0.0407. The minimum absolute atomic E-state index is 0.0407. The van der Waals surface area contributed by atoms with E-state index in [2.05, 4.69) is 15.7 Å². The van der Waals surface area contributed by atoms with Gasteiger partial charge in [0.25, 0.3) is 5.91 Å². The molecule has 0 aliphatic carbocycles. The van der Waals surface area contributed by atoms with E-state index in [0.717, 1.165) is 23.4 Å². The Balaban J connectivity index is 1.91. The molecular weight excluding hydrogens is 252 g/mol. The van der Waals surface area contributed by atoms with E-state index in [9.17, 15) is 4.79 Å². The first-order valence-corrected chi connectivity index (χ1v) is 6.65. The van der Waals surface area contributed by atoms with Crippen LogP contribution in [0.1, 0.15) is 21.6 Å². The van der Waals surface area contributed by atoms with E-state index < -0.39 is 0 Å². The molecule has 1 aromatic carbocycles. The monoisotopic (exact) mass is 272 g/mol. The molecule has 2 N–H and O–H groups in total. The van der Waals surface area contributed by atoms with Crippen LogP contribution in [0.25, 0.3) is 0 Å². The van der Waals surface area contributed by atoms with Crippen LogP contribution in [0.5, 0.6) is 0 Å². The highest BCUT2D eigenvalue weighted by atomic mass is 16.1. The van der Waals surface area contributed by atoms with E-state index in [1.165, 1.54) is 0 Å². The number of carbonyl (C=O) groups is 1. The van der Waals surface area contributed by atoms with E-state index >= 15 is 0 Å². The van der Waals surface area contributed by atoms with Crippen LogP contribution in [0.3, 0.4) is 0 Å². The predicted molar refractivity (Wildman–Crippen MR) is 80.0 cm³/mol. The summed E-state index contributed by atoms with van der Waals surface area (Å²) in [4.78, 5) is 12.1. The van der Waals surface area contributed by atoms with Crippen molar-refractivity contribution in [2.24, 2.45) is 7.05 Å². The molecule has 0 saturated heterocycles. The van der Waals surface area contributed by atoms with Gasteiger partial charge in [-0.25, -0.2) is 0 Å². The highest BCUT2D eigenvalue weighted by molar-refractivity contribution is 5.96. The van der Waals surface area contributed by atoms with Crippen molar-refractivity contribution in [3.05, 3.63) is 47.3 Å². The first-order chi connectivity index (χ1) is 9.60. The number of amides is 1. The molecule has 0 aliphatic rings. The Morgan fingerprint density at radius 3 is 2.75 bits per heavy atom. The average Bonchev–Trinajstić information content (AvgIpc) is 2.84. The summed E-state index contributed by atoms with van der Waals surface area (Å²) < 4.78 is 1.76. The molecule has 0 atom stereocenters. The molecule has 0 fully saturated rings. The standard InChI is InChI=1S/C15H20N4O/c1-11-10-13(16-2)4-5-14(11)15(20)17-8-6-12-7-9-19(3)18-12/h4-5,7,9-10,16H,6,8H2,1-3H3,(H,17,20). The zero-order chi connectivity index (χ0) is 14.5. The summed E-state index contributed by atoms with van der Waals surface area (Å²) in [5, 5.41) is 10.3. The van der Waals surface area contributed by atoms with Crippen LogP contribution in [-0.2, 0) is 13.5 Å². The maximum Gasteiger partial charge on any atom is 0.251 e. The van der Waals surface area contributed by atoms with Crippen molar-refractivity contribution in [3.8, 4) is 0 Å². The van der Waals surface area contributed by atoms with Crippen molar-refractivity contribution in [1.82, 2.24) is 15.1 Å². The first-order valence-electron chi connectivity index (χ1n) is 6.65. The molecule has 1 amide bonds. The van der Waals surface area contributed by atoms with E-state index in [1.54, 1.807) is 4.68 Å². The third-order valence-electron chi connectivity index (χ3n) is 3.20. The van der Waals surface area contributed by atoms with Crippen LogP contribution in [-0.4, -0.2) is 29.3 Å². The lowest BCUT2D eigenvalue weighted by Gasteiger charge is -2.09. The zero-order valence-corrected chi connectivity index (χ0v) is 12.1. The van der Waals surface area contributed by atoms with Crippen molar-refractivity contribution >= 4 is 11.6 Å². The van der Waals surface area contributed by atoms with Gasteiger partial charge in [0.2, 0.25) is 0 Å². The molecule has 5 nitrogen and oxygen atoms in total. The van der Waals surface area contributed by atoms with Gasteiger partial charge < -0.3 is 10.6 Å². The van der Waals surface area contributed by atoms with Crippen LogP contribution in [0.15, 0.2) is 30.5 Å². The topological polar surface area (TPSA) is 59.0 Å². The molecule has 2 aromatic rings. The van der Waals surface area contributed by atoms with Crippen LogP contribution < -0.4 is 10.6 Å². The Morgan fingerprint density at radius 1 is 1.35 bits per heavy atom. The summed E-state index contributed by atoms with van der Waals surface area (Å²) in [6, 6.07) is 7.67. The van der Waals surface area contributed by atoms with Gasteiger partial charge in [0.05, 0.1) is 5.69 Å². The highest BCUT2D eigenvalue weighted by Crippen LogP contribution is 2.14. The lowest BCUT2D eigenvalue weighted by Crippen LogP contribution is -2.26. The van der Waals surface area contributed by atoms with Crippen LogP contribution >= 0.6 is 0 Å². The number of nitrogens with zero attached hydrogens (tertiary/aromatic N) is 2. The third kappa shape index (κ3) is 3.38. The summed E-state index contributed by atoms with van der Waals surface area (Å²) in [7, 11) is 3.75. The maximum absolute atomic E-state index is 12.1. The number of anilines is 1. The molecule has 2 rings (SSSR count). The van der Waals surface area contributed by atoms with E-state index in [-0.39, 0.29) is 5.91 Å². The van der Waals surface area contributed by atoms with Crippen molar-refractivity contribution in [2.75, 3.05) is 18.9 Å². The predicted octanol–water partition coefficient (Wildman–Crippen LogP) is 1.74. The van der Waals surface area contributed by atoms with Gasteiger partial charge >= 0.3 is 0 Å². The Morgan fingerprint density at radius 2 is 2.15 bits per heavy atom. The first kappa shape index (κ1) is 14.1. The second-order valence-corrected chi connectivity index (χ2v) is 4.77. The van der Waals surface area contributed by atoms with Crippen molar-refractivity contribution in [2.45, 2.75) is 13.3 Å². The Kier molecular flexibility index (Phi) is 4.40. The lowest BCUT2D eigenvalue weighted by molar-refractivity contribution is 0.0953. The van der Waals surface area contributed by atoms with Gasteiger partial charge in [-0.05, 0) is 36.8 Å². The molecule has 0 radical (unpaired) electrons. The molecule has 1 aromatic heterocycles. The van der Waals surface area contributed by atoms with Crippen molar-refractivity contribution in [1.29, 1.82) is 0 Å². The number of rotatable bonds is 5. The van der Waals surface area contributed by atoms with Crippen LogP contribution in [0.2, 0.25) is 0 Å². The Hall–Kier alpha value is -2.30. The summed E-state index contributed by atoms with van der Waals surface area (Å²) in [6.45, 7) is 2.53. The maximum atomic E-state index is 12.1. The second kappa shape index (κ2) is 6.23. The third-order valence-corrected chi connectivity index (χ3v) is 3.20. The quantitative estimate of drug-likeness (QED) is 0.871. The number of nitrogens with one attached hydrogen (secondary N) is 2. The molecule has 5 heteroatoms. The Bertz CT molecular complexity index is 604. The van der Waals surface area contributed by atoms with Gasteiger partial charge in [0, 0.05) is 44.5 Å². The summed E-state index contributed by atoms with van der Waals surface area (Å²) in [6.07, 6.45) is 2.64. The normalized spacial score (nSPS) is 10.3. The molecule has 0 saturated carbocycles. The van der Waals surface area contributed by atoms with Gasteiger partial charge in [-0.15, -0.1) is 0 Å². The fraction of sp³-hybridized carbons (Fsp3) is 0.333. The molecular formula is C15H20N4O. The van der Waals surface area contributed by atoms with Gasteiger partial charge in [-0.2, -0.15) is 5.10 Å². The molecule has 0 aliphatic heterocycles. The van der Waals surface area contributed by atoms with Crippen molar-refractivity contribution in [3.63, 3.8) is 0 Å².